The molecule has 0 radical (unpaired) electrons. The number of methoxy groups -OCH3 is 1. The number of morpholine rings is 1. The zero-order valence-electron chi connectivity index (χ0n) is 10.3. The van der Waals surface area contributed by atoms with Gasteiger partial charge in [0.2, 0.25) is 5.88 Å². The van der Waals surface area contributed by atoms with Gasteiger partial charge in [0.05, 0.1) is 19.8 Å². The molecule has 5 nitrogen and oxygen atoms in total. The van der Waals surface area contributed by atoms with Gasteiger partial charge in [-0.05, 0) is 13.0 Å². The third kappa shape index (κ3) is 2.87. The highest BCUT2D eigenvalue weighted by Gasteiger charge is 2.23. The zero-order valence-corrected chi connectivity index (χ0v) is 10.3. The predicted molar refractivity (Wildman–Crippen MR) is 66.4 cm³/mol. The van der Waals surface area contributed by atoms with Crippen molar-refractivity contribution in [2.24, 2.45) is 5.73 Å². The number of aromatic nitrogens is 1. The van der Waals surface area contributed by atoms with Gasteiger partial charge >= 0.3 is 0 Å². The fourth-order valence-electron chi connectivity index (χ4n) is 1.94. The number of rotatable bonds is 3. The van der Waals surface area contributed by atoms with Crippen molar-refractivity contribution < 1.29 is 9.47 Å². The van der Waals surface area contributed by atoms with E-state index >= 15 is 0 Å². The first kappa shape index (κ1) is 12.1. The van der Waals surface area contributed by atoms with Gasteiger partial charge in [-0.3, -0.25) is 0 Å². The van der Waals surface area contributed by atoms with Gasteiger partial charge < -0.3 is 20.1 Å². The molecule has 0 saturated carbocycles. The monoisotopic (exact) mass is 237 g/mol. The molecule has 2 atom stereocenters. The van der Waals surface area contributed by atoms with Gasteiger partial charge in [-0.15, -0.1) is 0 Å². The molecule has 1 fully saturated rings. The van der Waals surface area contributed by atoms with Crippen LogP contribution >= 0.6 is 0 Å². The Morgan fingerprint density at radius 1 is 1.65 bits per heavy atom. The average molecular weight is 237 g/mol. The largest absolute Gasteiger partial charge is 0.481 e. The van der Waals surface area contributed by atoms with Crippen molar-refractivity contribution in [3.63, 3.8) is 0 Å². The van der Waals surface area contributed by atoms with E-state index in [0.29, 0.717) is 12.5 Å². The summed E-state index contributed by atoms with van der Waals surface area (Å²) in [5.74, 6) is 0.631. The van der Waals surface area contributed by atoms with E-state index in [1.165, 1.54) is 0 Å². The molecule has 2 unspecified atom stereocenters. The third-order valence-corrected chi connectivity index (χ3v) is 2.97. The van der Waals surface area contributed by atoms with E-state index in [-0.39, 0.29) is 12.1 Å². The molecule has 1 saturated heterocycles. The van der Waals surface area contributed by atoms with Crippen LogP contribution < -0.4 is 15.4 Å². The van der Waals surface area contributed by atoms with E-state index in [2.05, 4.69) is 9.88 Å². The first-order valence-electron chi connectivity index (χ1n) is 5.83. The Bertz CT molecular complexity index is 371. The standard InChI is InChI=1S/C12H19N3O2/c1-9(13)11-8-15(5-6-17-11)10-3-4-14-12(7-10)16-2/h3-4,7,9,11H,5-6,8,13H2,1-2H3. The molecule has 2 heterocycles. The Balaban J connectivity index is 2.10. The van der Waals surface area contributed by atoms with Crippen molar-refractivity contribution >= 4 is 5.69 Å². The molecule has 1 aliphatic rings. The summed E-state index contributed by atoms with van der Waals surface area (Å²) in [4.78, 5) is 6.35. The van der Waals surface area contributed by atoms with Crippen LogP contribution in [-0.2, 0) is 4.74 Å². The highest BCUT2D eigenvalue weighted by Crippen LogP contribution is 2.21. The van der Waals surface area contributed by atoms with Gasteiger partial charge in [-0.25, -0.2) is 4.98 Å². The lowest BCUT2D eigenvalue weighted by molar-refractivity contribution is 0.0276. The van der Waals surface area contributed by atoms with Gasteiger partial charge in [0, 0.05) is 37.1 Å². The van der Waals surface area contributed by atoms with E-state index in [4.69, 9.17) is 15.2 Å². The summed E-state index contributed by atoms with van der Waals surface area (Å²) in [5.41, 5.74) is 6.98. The molecule has 0 aliphatic carbocycles. The SMILES string of the molecule is COc1cc(N2CCOC(C(C)N)C2)ccn1. The van der Waals surface area contributed by atoms with Gasteiger partial charge in [0.1, 0.15) is 0 Å². The number of anilines is 1. The first-order valence-corrected chi connectivity index (χ1v) is 5.83. The Kier molecular flexibility index (Phi) is 3.81. The van der Waals surface area contributed by atoms with Gasteiger partial charge in [0.25, 0.3) is 0 Å². The first-order chi connectivity index (χ1) is 8.20. The number of hydrogen-bond donors (Lipinski definition) is 1. The minimum atomic E-state index is 0.0431. The summed E-state index contributed by atoms with van der Waals surface area (Å²) in [6, 6.07) is 3.96. The molecule has 17 heavy (non-hydrogen) atoms. The second kappa shape index (κ2) is 5.33. The van der Waals surface area contributed by atoms with Crippen LogP contribution in [0, 0.1) is 0 Å². The normalized spacial score (nSPS) is 22.3. The summed E-state index contributed by atoms with van der Waals surface area (Å²) in [5, 5.41) is 0. The van der Waals surface area contributed by atoms with Crippen molar-refractivity contribution in [3.8, 4) is 5.88 Å². The van der Waals surface area contributed by atoms with Gasteiger partial charge in [0.15, 0.2) is 0 Å². The van der Waals surface area contributed by atoms with Crippen molar-refractivity contribution in [3.05, 3.63) is 18.3 Å². The van der Waals surface area contributed by atoms with Crippen LogP contribution in [0.3, 0.4) is 0 Å². The van der Waals surface area contributed by atoms with Crippen molar-refractivity contribution in [2.75, 3.05) is 31.7 Å². The molecule has 2 rings (SSSR count). The van der Waals surface area contributed by atoms with Gasteiger partial charge in [-0.2, -0.15) is 0 Å². The second-order valence-electron chi connectivity index (χ2n) is 4.27. The maximum absolute atomic E-state index is 5.87. The molecule has 0 aromatic carbocycles. The van der Waals surface area contributed by atoms with E-state index in [1.807, 2.05) is 19.1 Å². The summed E-state index contributed by atoms with van der Waals surface area (Å²) in [6.07, 6.45) is 1.84. The predicted octanol–water partition coefficient (Wildman–Crippen LogP) is 0.643. The molecule has 0 spiro atoms. The minimum absolute atomic E-state index is 0.0431. The van der Waals surface area contributed by atoms with Crippen molar-refractivity contribution in [1.82, 2.24) is 4.98 Å². The molecule has 5 heteroatoms. The van der Waals surface area contributed by atoms with Crippen molar-refractivity contribution in [2.45, 2.75) is 19.1 Å². The number of hydrogen-bond acceptors (Lipinski definition) is 5. The summed E-state index contributed by atoms with van der Waals surface area (Å²) >= 11 is 0. The Labute approximate surface area is 102 Å². The van der Waals surface area contributed by atoms with E-state index in [0.717, 1.165) is 18.8 Å². The highest BCUT2D eigenvalue weighted by molar-refractivity contribution is 5.48. The maximum atomic E-state index is 5.87. The molecule has 1 aliphatic heterocycles. The summed E-state index contributed by atoms with van der Waals surface area (Å²) in [7, 11) is 1.62. The quantitative estimate of drug-likeness (QED) is 0.836. The zero-order chi connectivity index (χ0) is 12.3. The number of ether oxygens (including phenoxy) is 2. The summed E-state index contributed by atoms with van der Waals surface area (Å²) in [6.45, 7) is 4.36. The number of nitrogens with zero attached hydrogens (tertiary/aromatic N) is 2. The average Bonchev–Trinajstić information content (AvgIpc) is 2.39. The lowest BCUT2D eigenvalue weighted by atomic mass is 10.1. The van der Waals surface area contributed by atoms with Crippen molar-refractivity contribution in [1.29, 1.82) is 0 Å². The Morgan fingerprint density at radius 2 is 2.47 bits per heavy atom. The molecule has 94 valence electrons. The fourth-order valence-corrected chi connectivity index (χ4v) is 1.94. The Hall–Kier alpha value is -1.33. The molecule has 2 N–H and O–H groups in total. The van der Waals surface area contributed by atoms with Gasteiger partial charge in [-0.1, -0.05) is 0 Å². The van der Waals surface area contributed by atoms with Crippen LogP contribution in [0.25, 0.3) is 0 Å². The molecule has 1 aromatic rings. The molecular weight excluding hydrogens is 218 g/mol. The van der Waals surface area contributed by atoms with Crippen LogP contribution in [-0.4, -0.2) is 43.9 Å². The molecule has 1 aromatic heterocycles. The van der Waals surface area contributed by atoms with E-state index in [1.54, 1.807) is 13.3 Å². The fraction of sp³-hybridized carbons (Fsp3) is 0.583. The van der Waals surface area contributed by atoms with Crippen LogP contribution in [0.2, 0.25) is 0 Å². The Morgan fingerprint density at radius 3 is 3.18 bits per heavy atom. The van der Waals surface area contributed by atoms with E-state index < -0.39 is 0 Å². The molecule has 0 bridgehead atoms. The minimum Gasteiger partial charge on any atom is -0.481 e. The summed E-state index contributed by atoms with van der Waals surface area (Å²) < 4.78 is 10.8. The van der Waals surface area contributed by atoms with Crippen LogP contribution in [0.5, 0.6) is 5.88 Å². The number of nitrogens with two attached hydrogens (primary N) is 1. The van der Waals surface area contributed by atoms with Crippen LogP contribution in [0.15, 0.2) is 18.3 Å². The maximum Gasteiger partial charge on any atom is 0.214 e. The third-order valence-electron chi connectivity index (χ3n) is 2.97. The van der Waals surface area contributed by atoms with Crippen LogP contribution in [0.1, 0.15) is 6.92 Å². The second-order valence-corrected chi connectivity index (χ2v) is 4.27. The van der Waals surface area contributed by atoms with E-state index in [9.17, 15) is 0 Å². The highest BCUT2D eigenvalue weighted by atomic mass is 16.5. The van der Waals surface area contributed by atoms with Crippen LogP contribution in [0.4, 0.5) is 5.69 Å². The molecule has 0 amide bonds. The lowest BCUT2D eigenvalue weighted by Crippen LogP contribution is -2.49. The smallest absolute Gasteiger partial charge is 0.214 e. The topological polar surface area (TPSA) is 60.6 Å². The number of pyridine rings is 1. The molecular formula is C12H19N3O2. The lowest BCUT2D eigenvalue weighted by Gasteiger charge is -2.36.